The summed E-state index contributed by atoms with van der Waals surface area (Å²) in [5.41, 5.74) is 0.788. The highest BCUT2D eigenvalue weighted by atomic mass is 32.2. The fourth-order valence-electron chi connectivity index (χ4n) is 2.59. The van der Waals surface area contributed by atoms with Crippen molar-refractivity contribution >= 4 is 23.6 Å². The third kappa shape index (κ3) is 3.77. The largest absolute Gasteiger partial charge is 0.480 e. The van der Waals surface area contributed by atoms with Crippen molar-refractivity contribution in [2.75, 3.05) is 32.4 Å². The number of hydrogen-bond acceptors (Lipinski definition) is 4. The molecule has 0 unspecified atom stereocenters. The molecule has 0 saturated carbocycles. The molecule has 6 heteroatoms. The molecule has 2 rings (SSSR count). The Bertz CT molecular complexity index is 510. The fourth-order valence-corrected chi connectivity index (χ4v) is 3.00. The number of thioether (sulfide) groups is 1. The molecule has 1 aromatic carbocycles. The zero-order chi connectivity index (χ0) is 15.4. The van der Waals surface area contributed by atoms with E-state index in [0.717, 1.165) is 10.5 Å². The van der Waals surface area contributed by atoms with Gasteiger partial charge in [-0.25, -0.2) is 0 Å². The Balaban J connectivity index is 2.12. The molecule has 21 heavy (non-hydrogen) atoms. The standard InChI is InChI=1S/C15H20N2O3S/c1-11(18)16-7-9-17(10-8-16)14(15(19)20)12-3-5-13(21-2)6-4-12/h3-6,14H,7-10H2,1-2H3,(H,19,20)/t14-/m1/s1. The molecule has 1 amide bonds. The van der Waals surface area contributed by atoms with E-state index in [2.05, 4.69) is 0 Å². The van der Waals surface area contributed by atoms with Crippen molar-refractivity contribution in [2.24, 2.45) is 0 Å². The third-order valence-corrected chi connectivity index (χ3v) is 4.53. The molecule has 0 aliphatic carbocycles. The molecule has 1 heterocycles. The van der Waals surface area contributed by atoms with Crippen molar-refractivity contribution in [1.29, 1.82) is 0 Å². The summed E-state index contributed by atoms with van der Waals surface area (Å²) in [6.45, 7) is 3.89. The van der Waals surface area contributed by atoms with Crippen LogP contribution in [-0.4, -0.2) is 59.2 Å². The maximum absolute atomic E-state index is 11.6. The fraction of sp³-hybridized carbons (Fsp3) is 0.467. The second-order valence-electron chi connectivity index (χ2n) is 5.06. The molecule has 1 aliphatic heterocycles. The molecule has 1 aromatic rings. The number of carbonyl (C=O) groups excluding carboxylic acids is 1. The molecule has 114 valence electrons. The van der Waals surface area contributed by atoms with E-state index in [-0.39, 0.29) is 5.91 Å². The molecule has 1 atom stereocenters. The van der Waals surface area contributed by atoms with Gasteiger partial charge in [-0.15, -0.1) is 11.8 Å². The third-order valence-electron chi connectivity index (χ3n) is 3.79. The summed E-state index contributed by atoms with van der Waals surface area (Å²) in [4.78, 5) is 27.8. The van der Waals surface area contributed by atoms with E-state index in [0.29, 0.717) is 26.2 Å². The molecular formula is C15H20N2O3S. The first kappa shape index (κ1) is 15.9. The van der Waals surface area contributed by atoms with Gasteiger partial charge in [0.15, 0.2) is 0 Å². The van der Waals surface area contributed by atoms with Gasteiger partial charge >= 0.3 is 5.97 Å². The number of hydrogen-bond donors (Lipinski definition) is 1. The van der Waals surface area contributed by atoms with Crippen molar-refractivity contribution in [3.05, 3.63) is 29.8 Å². The normalized spacial score (nSPS) is 17.5. The van der Waals surface area contributed by atoms with Crippen molar-refractivity contribution < 1.29 is 14.7 Å². The summed E-state index contributed by atoms with van der Waals surface area (Å²) in [7, 11) is 0. The topological polar surface area (TPSA) is 60.9 Å². The van der Waals surface area contributed by atoms with Crippen LogP contribution in [0.25, 0.3) is 0 Å². The highest BCUT2D eigenvalue weighted by Crippen LogP contribution is 2.25. The predicted molar refractivity (Wildman–Crippen MR) is 82.4 cm³/mol. The Morgan fingerprint density at radius 3 is 2.14 bits per heavy atom. The Morgan fingerprint density at radius 1 is 1.14 bits per heavy atom. The first-order chi connectivity index (χ1) is 10.0. The lowest BCUT2D eigenvalue weighted by Gasteiger charge is -2.37. The van der Waals surface area contributed by atoms with E-state index >= 15 is 0 Å². The number of aliphatic carboxylic acids is 1. The summed E-state index contributed by atoms with van der Waals surface area (Å²) in [5.74, 6) is -0.797. The Hall–Kier alpha value is -1.53. The molecular weight excluding hydrogens is 288 g/mol. The van der Waals surface area contributed by atoms with Gasteiger partial charge in [0, 0.05) is 38.0 Å². The van der Waals surface area contributed by atoms with Gasteiger partial charge in [-0.05, 0) is 24.0 Å². The van der Waals surface area contributed by atoms with E-state index in [4.69, 9.17) is 0 Å². The van der Waals surface area contributed by atoms with Crippen LogP contribution in [0, 0.1) is 0 Å². The molecule has 0 aromatic heterocycles. The summed E-state index contributed by atoms with van der Waals surface area (Å²) in [5, 5.41) is 9.55. The van der Waals surface area contributed by atoms with Crippen LogP contribution in [0.15, 0.2) is 29.2 Å². The molecule has 0 radical (unpaired) electrons. The van der Waals surface area contributed by atoms with E-state index in [1.165, 1.54) is 0 Å². The van der Waals surface area contributed by atoms with Crippen molar-refractivity contribution in [1.82, 2.24) is 9.80 Å². The minimum atomic E-state index is -0.844. The van der Waals surface area contributed by atoms with Gasteiger partial charge in [0.1, 0.15) is 6.04 Å². The monoisotopic (exact) mass is 308 g/mol. The van der Waals surface area contributed by atoms with E-state index in [1.54, 1.807) is 23.6 Å². The second kappa shape index (κ2) is 6.95. The van der Waals surface area contributed by atoms with E-state index < -0.39 is 12.0 Å². The van der Waals surface area contributed by atoms with Crippen LogP contribution in [0.3, 0.4) is 0 Å². The Morgan fingerprint density at radius 2 is 1.71 bits per heavy atom. The highest BCUT2D eigenvalue weighted by Gasteiger charge is 2.30. The Kier molecular flexibility index (Phi) is 5.25. The van der Waals surface area contributed by atoms with Crippen LogP contribution < -0.4 is 0 Å². The molecule has 1 saturated heterocycles. The number of piperazine rings is 1. The van der Waals surface area contributed by atoms with Gasteiger partial charge in [-0.1, -0.05) is 12.1 Å². The van der Waals surface area contributed by atoms with Crippen LogP contribution in [-0.2, 0) is 9.59 Å². The second-order valence-corrected chi connectivity index (χ2v) is 5.94. The van der Waals surface area contributed by atoms with Gasteiger partial charge in [-0.3, -0.25) is 14.5 Å². The molecule has 1 fully saturated rings. The van der Waals surface area contributed by atoms with Gasteiger partial charge in [0.25, 0.3) is 0 Å². The van der Waals surface area contributed by atoms with Gasteiger partial charge in [-0.2, -0.15) is 0 Å². The number of carboxylic acid groups (broad SMARTS) is 1. The van der Waals surface area contributed by atoms with E-state index in [1.807, 2.05) is 35.4 Å². The first-order valence-corrected chi connectivity index (χ1v) is 8.11. The van der Waals surface area contributed by atoms with Crippen molar-refractivity contribution in [3.8, 4) is 0 Å². The van der Waals surface area contributed by atoms with Crippen LogP contribution in [0.2, 0.25) is 0 Å². The Labute approximate surface area is 128 Å². The van der Waals surface area contributed by atoms with Crippen molar-refractivity contribution in [2.45, 2.75) is 17.9 Å². The van der Waals surface area contributed by atoms with Crippen molar-refractivity contribution in [3.63, 3.8) is 0 Å². The number of rotatable bonds is 4. The number of amides is 1. The molecule has 1 aliphatic rings. The first-order valence-electron chi connectivity index (χ1n) is 6.89. The number of nitrogens with zero attached hydrogens (tertiary/aromatic N) is 2. The number of carboxylic acids is 1. The lowest BCUT2D eigenvalue weighted by molar-refractivity contribution is -0.145. The van der Waals surface area contributed by atoms with Crippen LogP contribution >= 0.6 is 11.8 Å². The average Bonchev–Trinajstić information content (AvgIpc) is 2.48. The quantitative estimate of drug-likeness (QED) is 0.858. The van der Waals surface area contributed by atoms with Crippen LogP contribution in [0.1, 0.15) is 18.5 Å². The van der Waals surface area contributed by atoms with Gasteiger partial charge < -0.3 is 10.0 Å². The zero-order valence-electron chi connectivity index (χ0n) is 12.3. The SMILES string of the molecule is CSc1ccc([C@H](C(=O)O)N2CCN(C(C)=O)CC2)cc1. The van der Waals surface area contributed by atoms with E-state index in [9.17, 15) is 14.7 Å². The highest BCUT2D eigenvalue weighted by molar-refractivity contribution is 7.98. The van der Waals surface area contributed by atoms with Gasteiger partial charge in [0.05, 0.1) is 0 Å². The van der Waals surface area contributed by atoms with Gasteiger partial charge in [0.2, 0.25) is 5.91 Å². The summed E-state index contributed by atoms with van der Waals surface area (Å²) in [6.07, 6.45) is 1.99. The molecule has 5 nitrogen and oxygen atoms in total. The number of benzene rings is 1. The summed E-state index contributed by atoms with van der Waals surface area (Å²) >= 11 is 1.63. The zero-order valence-corrected chi connectivity index (χ0v) is 13.1. The minimum absolute atomic E-state index is 0.0471. The molecule has 1 N–H and O–H groups in total. The number of carbonyl (C=O) groups is 2. The van der Waals surface area contributed by atoms with Crippen LogP contribution in [0.5, 0.6) is 0 Å². The minimum Gasteiger partial charge on any atom is -0.480 e. The summed E-state index contributed by atoms with van der Waals surface area (Å²) < 4.78 is 0. The van der Waals surface area contributed by atoms with Crippen LogP contribution in [0.4, 0.5) is 0 Å². The lowest BCUT2D eigenvalue weighted by atomic mass is 10.0. The molecule has 0 spiro atoms. The maximum atomic E-state index is 11.6. The predicted octanol–water partition coefficient (Wildman–Crippen LogP) is 1.70. The average molecular weight is 308 g/mol. The smallest absolute Gasteiger partial charge is 0.325 e. The maximum Gasteiger partial charge on any atom is 0.325 e. The lowest BCUT2D eigenvalue weighted by Crippen LogP contribution is -2.50. The molecule has 0 bridgehead atoms. The summed E-state index contributed by atoms with van der Waals surface area (Å²) in [6, 6.07) is 7.00.